The van der Waals surface area contributed by atoms with E-state index in [9.17, 15) is 0 Å². The van der Waals surface area contributed by atoms with Gasteiger partial charge in [-0.25, -0.2) is 0 Å². The van der Waals surface area contributed by atoms with Crippen LogP contribution in [-0.4, -0.2) is 0 Å². The molecule has 0 aliphatic rings. The summed E-state index contributed by atoms with van der Waals surface area (Å²) < 4.78 is 8.11. The SMILES string of the molecule is [Gd+3].[O-2].[O-2].[O]=[Yb+]. The van der Waals surface area contributed by atoms with Crippen molar-refractivity contribution in [1.82, 2.24) is 0 Å². The van der Waals surface area contributed by atoms with E-state index in [-0.39, 0.29) is 50.9 Å². The van der Waals surface area contributed by atoms with Crippen molar-refractivity contribution in [3.05, 3.63) is 0 Å². The van der Waals surface area contributed by atoms with E-state index in [1.165, 1.54) is 44.8 Å². The summed E-state index contributed by atoms with van der Waals surface area (Å²) in [6, 6.07) is 0. The standard InChI is InChI=1S/Gd.3O.Yb/q+3;;2*-2;+1. The van der Waals surface area contributed by atoms with E-state index < -0.39 is 0 Å². The molecule has 0 heterocycles. The van der Waals surface area contributed by atoms with E-state index in [1.54, 1.807) is 0 Å². The number of hydrogen-bond acceptors (Lipinski definition) is 1. The molecule has 0 unspecified atom stereocenters. The molecule has 0 aromatic heterocycles. The second-order valence-corrected chi connectivity index (χ2v) is 0. The Balaban J connectivity index is -0.00000000167. The molecule has 3 nitrogen and oxygen atoms in total. The van der Waals surface area contributed by atoms with Crippen molar-refractivity contribution in [3.63, 3.8) is 0 Å². The fourth-order valence-electron chi connectivity index (χ4n) is 0. The summed E-state index contributed by atoms with van der Waals surface area (Å²) in [6.45, 7) is 0. The zero-order valence-electron chi connectivity index (χ0n) is 1.85. The van der Waals surface area contributed by atoms with E-state index in [4.69, 9.17) is 0.288 Å². The summed E-state index contributed by atoms with van der Waals surface area (Å²) in [6.07, 6.45) is 0. The molecule has 0 spiro atoms. The van der Waals surface area contributed by atoms with Gasteiger partial charge in [-0.3, -0.25) is 0 Å². The third kappa shape index (κ3) is 20.8. The van der Waals surface area contributed by atoms with Crippen molar-refractivity contribution in [2.24, 2.45) is 0 Å². The molecule has 0 aromatic carbocycles. The van der Waals surface area contributed by atoms with Crippen molar-refractivity contribution < 1.29 is 96.0 Å². The molecule has 0 amide bonds. The molecule has 0 N–H and O–H groups in total. The van der Waals surface area contributed by atoms with Gasteiger partial charge in [0.05, 0.1) is 0 Å². The normalized spacial score (nSPS) is 1.20. The van der Waals surface area contributed by atoms with Crippen molar-refractivity contribution >= 4 is 0 Å². The van der Waals surface area contributed by atoms with Gasteiger partial charge < -0.3 is 11.0 Å². The number of hydrogen-bond donors (Lipinski definition) is 0. The summed E-state index contributed by atoms with van der Waals surface area (Å²) >= 11 is 1.44. The van der Waals surface area contributed by atoms with E-state index in [0.29, 0.717) is 0 Å². The first-order chi connectivity index (χ1) is 1.00. The second kappa shape index (κ2) is 30.9. The molecule has 0 aromatic rings. The quantitative estimate of drug-likeness (QED) is 0.568. The fourth-order valence-corrected chi connectivity index (χ4v) is 0. The zero-order chi connectivity index (χ0) is 2.00. The summed E-state index contributed by atoms with van der Waals surface area (Å²) in [7, 11) is 0. The minimum atomic E-state index is 0. The first-order valence-corrected chi connectivity index (χ1v) is 0.809. The maximum atomic E-state index is 8.11. The van der Waals surface area contributed by atoms with Gasteiger partial charge in [0.25, 0.3) is 0 Å². The van der Waals surface area contributed by atoms with Crippen LogP contribution in [0.2, 0.25) is 0 Å². The van der Waals surface area contributed by atoms with Gasteiger partial charge in [-0.15, -0.1) is 0 Å². The van der Waals surface area contributed by atoms with Crippen molar-refractivity contribution in [2.45, 2.75) is 0 Å². The molecule has 5 heteroatoms. The predicted molar refractivity (Wildman–Crippen MR) is 2.06 cm³/mol. The Hall–Kier alpha value is 2.56. The van der Waals surface area contributed by atoms with E-state index in [1.807, 2.05) is 0 Å². The Labute approximate surface area is 93.4 Å². The molecule has 0 rings (SSSR count). The topological polar surface area (TPSA) is 74.1 Å². The van der Waals surface area contributed by atoms with Crippen molar-refractivity contribution in [1.29, 1.82) is 0 Å². The molecule has 0 bridgehead atoms. The molecule has 5 heavy (non-hydrogen) atoms. The van der Waals surface area contributed by atoms with Crippen LogP contribution in [-0.2, 0) is 11.2 Å². The first-order valence-electron chi connectivity index (χ1n) is 0.109. The molecule has 0 aliphatic heterocycles. The third-order valence-corrected chi connectivity index (χ3v) is 0. The summed E-state index contributed by atoms with van der Waals surface area (Å²) in [5.41, 5.74) is 0. The van der Waals surface area contributed by atoms with Gasteiger partial charge in [0.2, 0.25) is 0 Å². The van der Waals surface area contributed by atoms with Crippen LogP contribution in [0.4, 0.5) is 0 Å². The van der Waals surface area contributed by atoms with Gasteiger partial charge >= 0.3 is 85.0 Å². The van der Waals surface area contributed by atoms with Crippen molar-refractivity contribution in [2.75, 3.05) is 0 Å². The monoisotopic (exact) mass is 380 g/mol. The molecule has 0 fully saturated rings. The Bertz CT molecular complexity index is 6.85. The predicted octanol–water partition coefficient (Wildman–Crippen LogP) is -0.356. The number of rotatable bonds is 0. The Morgan fingerprint density at radius 1 is 1.00 bits per heavy atom. The Morgan fingerprint density at radius 3 is 1.00 bits per heavy atom. The van der Waals surface area contributed by atoms with Crippen LogP contribution in [0.25, 0.3) is 0 Å². The van der Waals surface area contributed by atoms with Gasteiger partial charge in [-0.2, -0.15) is 0 Å². The molecular formula is GdO3Yb. The molecule has 0 aliphatic carbocycles. The van der Waals surface area contributed by atoms with Crippen LogP contribution in [0.5, 0.6) is 0 Å². The Kier molecular flexibility index (Phi) is 159. The minimum absolute atomic E-state index is 0. The summed E-state index contributed by atoms with van der Waals surface area (Å²) in [5.74, 6) is 0. The third-order valence-electron chi connectivity index (χ3n) is 0. The summed E-state index contributed by atoms with van der Waals surface area (Å²) in [5, 5.41) is 0. The van der Waals surface area contributed by atoms with Crippen LogP contribution < -0.4 is 0 Å². The van der Waals surface area contributed by atoms with Crippen LogP contribution in [0.15, 0.2) is 0 Å². The van der Waals surface area contributed by atoms with E-state index in [2.05, 4.69) is 0 Å². The van der Waals surface area contributed by atoms with Crippen LogP contribution in [0.1, 0.15) is 0 Å². The summed E-state index contributed by atoms with van der Waals surface area (Å²) in [4.78, 5) is 0. The van der Waals surface area contributed by atoms with Gasteiger partial charge in [0.15, 0.2) is 0 Å². The zero-order valence-corrected chi connectivity index (χ0v) is 5.83. The van der Waals surface area contributed by atoms with Gasteiger partial charge in [-0.05, 0) is 0 Å². The van der Waals surface area contributed by atoms with Crippen LogP contribution >= 0.6 is 0 Å². The molecule has 0 atom stereocenters. The average molecular weight is 378 g/mol. The maximum absolute atomic E-state index is 8.11. The van der Waals surface area contributed by atoms with Gasteiger partial charge in [-0.1, -0.05) is 0 Å². The van der Waals surface area contributed by atoms with Crippen LogP contribution in [0, 0.1) is 84.7 Å². The van der Waals surface area contributed by atoms with Gasteiger partial charge in [0, 0.05) is 0 Å². The Morgan fingerprint density at radius 2 is 1.00 bits per heavy atom. The molecule has 0 saturated carbocycles. The molecule has 1 radical (unpaired) electrons. The van der Waals surface area contributed by atoms with Crippen molar-refractivity contribution in [3.8, 4) is 0 Å². The molecular weight excluding hydrogens is 378 g/mol. The van der Waals surface area contributed by atoms with E-state index in [0.717, 1.165) is 0 Å². The van der Waals surface area contributed by atoms with E-state index >= 15 is 0 Å². The average Bonchev–Trinajstić information content (AvgIpc) is 1.00. The molecule has 0 saturated heterocycles. The molecule has 40 valence electrons. The van der Waals surface area contributed by atoms with Crippen LogP contribution in [0.3, 0.4) is 0 Å². The van der Waals surface area contributed by atoms with Gasteiger partial charge in [0.1, 0.15) is 0 Å². The first kappa shape index (κ1) is 25.7. The second-order valence-electron chi connectivity index (χ2n) is 0. The fraction of sp³-hybridized carbons (Fsp3) is 0.